The topological polar surface area (TPSA) is 67.6 Å². The third-order valence-corrected chi connectivity index (χ3v) is 3.10. The molecule has 3 N–H and O–H groups in total. The van der Waals surface area contributed by atoms with Gasteiger partial charge in [0.25, 0.3) is 0 Å². The molecule has 0 saturated carbocycles. The van der Waals surface area contributed by atoms with E-state index in [-0.39, 0.29) is 6.54 Å². The number of hydrogen-bond donors (Lipinski definition) is 2. The van der Waals surface area contributed by atoms with Gasteiger partial charge in [0.1, 0.15) is 0 Å². The van der Waals surface area contributed by atoms with Crippen molar-refractivity contribution in [3.63, 3.8) is 0 Å². The number of nitrogens with one attached hydrogen (secondary N) is 1. The lowest BCUT2D eigenvalue weighted by atomic mass is 10.0. The quantitative estimate of drug-likeness (QED) is 0.703. The van der Waals surface area contributed by atoms with Crippen LogP contribution in [-0.2, 0) is 9.53 Å². The summed E-state index contributed by atoms with van der Waals surface area (Å²) < 4.78 is 42.6. The average Bonchev–Trinajstić information content (AvgIpc) is 2.34. The Bertz CT molecular complexity index is 302. The maximum absolute atomic E-state index is 12.5. The Morgan fingerprint density at radius 1 is 1.37 bits per heavy atom. The first kappa shape index (κ1) is 16.2. The van der Waals surface area contributed by atoms with Crippen molar-refractivity contribution in [3.8, 4) is 0 Å². The van der Waals surface area contributed by atoms with Crippen LogP contribution in [-0.4, -0.2) is 61.9 Å². The summed E-state index contributed by atoms with van der Waals surface area (Å²) in [4.78, 5) is 13.5. The van der Waals surface area contributed by atoms with E-state index in [0.717, 1.165) is 19.6 Å². The zero-order valence-corrected chi connectivity index (χ0v) is 10.9. The second kappa shape index (κ2) is 6.53. The van der Waals surface area contributed by atoms with Crippen molar-refractivity contribution in [1.29, 1.82) is 0 Å². The van der Waals surface area contributed by atoms with E-state index in [1.54, 1.807) is 0 Å². The molecule has 0 aromatic rings. The molecule has 1 amide bonds. The summed E-state index contributed by atoms with van der Waals surface area (Å²) in [6.45, 7) is 4.53. The van der Waals surface area contributed by atoms with Gasteiger partial charge in [0.15, 0.2) is 5.54 Å². The first-order valence-corrected chi connectivity index (χ1v) is 6.19. The van der Waals surface area contributed by atoms with Crippen LogP contribution in [0.3, 0.4) is 0 Å². The average molecular weight is 283 g/mol. The summed E-state index contributed by atoms with van der Waals surface area (Å²) in [5.74, 6) is -1.19. The zero-order chi connectivity index (χ0) is 14.5. The van der Waals surface area contributed by atoms with Gasteiger partial charge < -0.3 is 15.8 Å². The van der Waals surface area contributed by atoms with E-state index in [4.69, 9.17) is 10.5 Å². The van der Waals surface area contributed by atoms with Crippen LogP contribution in [0.2, 0.25) is 0 Å². The molecule has 112 valence electrons. The van der Waals surface area contributed by atoms with Crippen LogP contribution in [0.1, 0.15) is 13.3 Å². The fourth-order valence-corrected chi connectivity index (χ4v) is 1.64. The number of hydrogen-bond acceptors (Lipinski definition) is 4. The highest BCUT2D eigenvalue weighted by Gasteiger charge is 2.53. The lowest BCUT2D eigenvalue weighted by Crippen LogP contribution is -2.61. The molecule has 0 bridgehead atoms. The number of carbonyl (C=O) groups is 1. The fourth-order valence-electron chi connectivity index (χ4n) is 1.64. The first-order chi connectivity index (χ1) is 8.75. The van der Waals surface area contributed by atoms with E-state index in [2.05, 4.69) is 10.2 Å². The number of amides is 1. The Morgan fingerprint density at radius 2 is 1.95 bits per heavy atom. The van der Waals surface area contributed by atoms with Crippen molar-refractivity contribution in [1.82, 2.24) is 10.2 Å². The predicted molar refractivity (Wildman–Crippen MR) is 63.5 cm³/mol. The van der Waals surface area contributed by atoms with Crippen molar-refractivity contribution in [2.45, 2.75) is 25.1 Å². The molecular weight excluding hydrogens is 263 g/mol. The molecule has 5 nitrogen and oxygen atoms in total. The fraction of sp³-hybridized carbons (Fsp3) is 0.909. The van der Waals surface area contributed by atoms with Gasteiger partial charge >= 0.3 is 6.18 Å². The molecule has 1 heterocycles. The van der Waals surface area contributed by atoms with Crippen molar-refractivity contribution in [2.75, 3.05) is 39.4 Å². The molecule has 8 heteroatoms. The van der Waals surface area contributed by atoms with Crippen LogP contribution in [0.5, 0.6) is 0 Å². The summed E-state index contributed by atoms with van der Waals surface area (Å²) in [6, 6.07) is 0. The number of carbonyl (C=O) groups excluding carboxylic acids is 1. The van der Waals surface area contributed by atoms with Crippen molar-refractivity contribution in [2.24, 2.45) is 5.73 Å². The number of nitrogens with two attached hydrogens (primary N) is 1. The van der Waals surface area contributed by atoms with Crippen LogP contribution < -0.4 is 11.1 Å². The van der Waals surface area contributed by atoms with Gasteiger partial charge in [-0.3, -0.25) is 9.69 Å². The summed E-state index contributed by atoms with van der Waals surface area (Å²) in [6.07, 6.45) is -4.17. The molecule has 0 aliphatic carbocycles. The molecule has 1 rings (SSSR count). The Labute approximate surface area is 110 Å². The number of rotatable bonds is 5. The van der Waals surface area contributed by atoms with Gasteiger partial charge in [0, 0.05) is 19.6 Å². The van der Waals surface area contributed by atoms with E-state index in [0.29, 0.717) is 26.6 Å². The van der Waals surface area contributed by atoms with Gasteiger partial charge in [0.05, 0.1) is 13.2 Å². The normalized spacial score (nSPS) is 20.9. The van der Waals surface area contributed by atoms with E-state index in [1.807, 2.05) is 0 Å². The molecule has 0 aromatic carbocycles. The lowest BCUT2D eigenvalue weighted by molar-refractivity contribution is -0.187. The smallest absolute Gasteiger partial charge is 0.379 e. The Kier molecular flexibility index (Phi) is 5.57. The number of ether oxygens (including phenoxy) is 1. The molecule has 1 atom stereocenters. The SMILES string of the molecule is CC(N)(C(=O)NCCCN1CCOCC1)C(F)(F)F. The largest absolute Gasteiger partial charge is 0.415 e. The van der Waals surface area contributed by atoms with E-state index >= 15 is 0 Å². The molecule has 1 aliphatic heterocycles. The Morgan fingerprint density at radius 3 is 2.47 bits per heavy atom. The first-order valence-electron chi connectivity index (χ1n) is 6.19. The summed E-state index contributed by atoms with van der Waals surface area (Å²) in [7, 11) is 0. The van der Waals surface area contributed by atoms with Gasteiger partial charge in [0.2, 0.25) is 5.91 Å². The number of alkyl halides is 3. The van der Waals surface area contributed by atoms with Gasteiger partial charge in [-0.15, -0.1) is 0 Å². The minimum atomic E-state index is -4.75. The third-order valence-electron chi connectivity index (χ3n) is 3.10. The highest BCUT2D eigenvalue weighted by atomic mass is 19.4. The van der Waals surface area contributed by atoms with Crippen LogP contribution in [0.15, 0.2) is 0 Å². The standard InChI is InChI=1S/C11H20F3N3O2/c1-10(15,11(12,13)14)9(18)16-3-2-4-17-5-7-19-8-6-17/h2-8,15H2,1H3,(H,16,18). The van der Waals surface area contributed by atoms with Crippen LogP contribution in [0.25, 0.3) is 0 Å². The lowest BCUT2D eigenvalue weighted by Gasteiger charge is -2.28. The molecule has 19 heavy (non-hydrogen) atoms. The molecule has 1 saturated heterocycles. The summed E-state index contributed by atoms with van der Waals surface area (Å²) >= 11 is 0. The second-order valence-corrected chi connectivity index (χ2v) is 4.76. The van der Waals surface area contributed by atoms with Crippen LogP contribution in [0.4, 0.5) is 13.2 Å². The van der Waals surface area contributed by atoms with Crippen LogP contribution in [0, 0.1) is 0 Å². The number of morpholine rings is 1. The van der Waals surface area contributed by atoms with Gasteiger partial charge in [-0.25, -0.2) is 0 Å². The predicted octanol–water partition coefficient (Wildman–Crippen LogP) is 0.105. The van der Waals surface area contributed by atoms with E-state index in [1.165, 1.54) is 0 Å². The minimum absolute atomic E-state index is 0.180. The summed E-state index contributed by atoms with van der Waals surface area (Å²) in [5, 5.41) is 2.23. The molecular formula is C11H20F3N3O2. The number of nitrogens with zero attached hydrogens (tertiary/aromatic N) is 1. The van der Waals surface area contributed by atoms with E-state index in [9.17, 15) is 18.0 Å². The summed E-state index contributed by atoms with van der Waals surface area (Å²) in [5.41, 5.74) is 2.16. The van der Waals surface area contributed by atoms with Crippen molar-refractivity contribution >= 4 is 5.91 Å². The highest BCUT2D eigenvalue weighted by molar-refractivity contribution is 5.86. The van der Waals surface area contributed by atoms with Gasteiger partial charge in [-0.2, -0.15) is 13.2 Å². The van der Waals surface area contributed by atoms with Gasteiger partial charge in [-0.1, -0.05) is 0 Å². The van der Waals surface area contributed by atoms with Gasteiger partial charge in [-0.05, 0) is 19.9 Å². The van der Waals surface area contributed by atoms with Crippen molar-refractivity contribution < 1.29 is 22.7 Å². The maximum atomic E-state index is 12.5. The molecule has 1 fully saturated rings. The molecule has 0 spiro atoms. The molecule has 1 unspecified atom stereocenters. The Balaban J connectivity index is 2.23. The monoisotopic (exact) mass is 283 g/mol. The second-order valence-electron chi connectivity index (χ2n) is 4.76. The molecule has 0 radical (unpaired) electrons. The van der Waals surface area contributed by atoms with Crippen molar-refractivity contribution in [3.05, 3.63) is 0 Å². The maximum Gasteiger partial charge on any atom is 0.415 e. The third kappa shape index (κ3) is 4.63. The van der Waals surface area contributed by atoms with E-state index < -0.39 is 17.6 Å². The zero-order valence-electron chi connectivity index (χ0n) is 10.9. The number of halogens is 3. The minimum Gasteiger partial charge on any atom is -0.379 e. The molecule has 0 aromatic heterocycles. The highest BCUT2D eigenvalue weighted by Crippen LogP contribution is 2.27. The molecule has 1 aliphatic rings. The Hall–Kier alpha value is -0.860. The van der Waals surface area contributed by atoms with Crippen LogP contribution >= 0.6 is 0 Å².